The van der Waals surface area contributed by atoms with Crippen molar-refractivity contribution in [1.82, 2.24) is 14.5 Å². The van der Waals surface area contributed by atoms with Crippen molar-refractivity contribution in [3.8, 4) is 0 Å². The fourth-order valence-corrected chi connectivity index (χ4v) is 5.88. The van der Waals surface area contributed by atoms with E-state index in [2.05, 4.69) is 10.2 Å². The predicted molar refractivity (Wildman–Crippen MR) is 115 cm³/mol. The van der Waals surface area contributed by atoms with Crippen LogP contribution < -0.4 is 5.32 Å². The van der Waals surface area contributed by atoms with E-state index in [0.29, 0.717) is 32.8 Å². The molecule has 0 spiro atoms. The lowest BCUT2D eigenvalue weighted by Gasteiger charge is -2.34. The van der Waals surface area contributed by atoms with Gasteiger partial charge in [-0.05, 0) is 25.3 Å². The zero-order valence-corrected chi connectivity index (χ0v) is 18.6. The molecule has 8 nitrogen and oxygen atoms in total. The number of benzene rings is 1. The number of nitrogens with one attached hydrogen (secondary N) is 1. The first-order chi connectivity index (χ1) is 15.0. The van der Waals surface area contributed by atoms with Gasteiger partial charge in [-0.1, -0.05) is 30.3 Å². The minimum absolute atomic E-state index is 0.00193. The maximum atomic E-state index is 12.9. The van der Waals surface area contributed by atoms with Crippen LogP contribution in [0.5, 0.6) is 0 Å². The number of sulfonamides is 1. The fourth-order valence-electron chi connectivity index (χ4n) is 4.20. The Morgan fingerprint density at radius 2 is 1.77 bits per heavy atom. The van der Waals surface area contributed by atoms with Crippen LogP contribution in [0.3, 0.4) is 0 Å². The molecule has 1 aromatic heterocycles. The van der Waals surface area contributed by atoms with Gasteiger partial charge in [0, 0.05) is 38.8 Å². The van der Waals surface area contributed by atoms with Crippen LogP contribution in [0.2, 0.25) is 0 Å². The molecule has 168 valence electrons. The Hall–Kier alpha value is -2.20. The van der Waals surface area contributed by atoms with Crippen molar-refractivity contribution >= 4 is 15.9 Å². The second kappa shape index (κ2) is 9.52. The van der Waals surface area contributed by atoms with E-state index in [1.807, 2.05) is 30.3 Å². The van der Waals surface area contributed by atoms with Crippen molar-refractivity contribution in [3.05, 3.63) is 53.5 Å². The van der Waals surface area contributed by atoms with Gasteiger partial charge in [0.1, 0.15) is 10.7 Å². The number of amides is 1. The lowest BCUT2D eigenvalue weighted by Crippen LogP contribution is -2.43. The van der Waals surface area contributed by atoms with Crippen LogP contribution in [0.1, 0.15) is 40.8 Å². The fraction of sp³-hybridized carbons (Fsp3) is 0.500. The molecule has 1 aromatic carbocycles. The summed E-state index contributed by atoms with van der Waals surface area (Å²) in [6, 6.07) is 11.4. The molecule has 1 unspecified atom stereocenters. The van der Waals surface area contributed by atoms with Crippen LogP contribution >= 0.6 is 0 Å². The Morgan fingerprint density at radius 3 is 2.45 bits per heavy atom. The monoisotopic (exact) mass is 447 g/mol. The number of morpholine rings is 1. The molecular weight excluding hydrogens is 418 g/mol. The highest BCUT2D eigenvalue weighted by molar-refractivity contribution is 7.89. The van der Waals surface area contributed by atoms with Crippen molar-refractivity contribution in [2.75, 3.05) is 45.9 Å². The summed E-state index contributed by atoms with van der Waals surface area (Å²) >= 11 is 0. The van der Waals surface area contributed by atoms with E-state index < -0.39 is 15.9 Å². The normalized spacial score (nSPS) is 19.4. The Labute approximate surface area is 183 Å². The highest BCUT2D eigenvalue weighted by Gasteiger charge is 2.32. The minimum Gasteiger partial charge on any atom is -0.455 e. The van der Waals surface area contributed by atoms with E-state index in [1.54, 1.807) is 6.92 Å². The Morgan fingerprint density at radius 1 is 1.10 bits per heavy atom. The van der Waals surface area contributed by atoms with Crippen molar-refractivity contribution in [1.29, 1.82) is 0 Å². The van der Waals surface area contributed by atoms with Crippen LogP contribution in [0.15, 0.2) is 45.7 Å². The van der Waals surface area contributed by atoms with Gasteiger partial charge in [-0.3, -0.25) is 9.69 Å². The maximum absolute atomic E-state index is 12.9. The molecule has 2 saturated heterocycles. The number of carbonyl (C=O) groups excluding carboxylic acids is 1. The summed E-state index contributed by atoms with van der Waals surface area (Å²) in [4.78, 5) is 15.2. The molecule has 2 aromatic rings. The lowest BCUT2D eigenvalue weighted by atomic mass is 10.0. The molecule has 1 N–H and O–H groups in total. The summed E-state index contributed by atoms with van der Waals surface area (Å²) in [5.41, 5.74) is 1.11. The topological polar surface area (TPSA) is 92.1 Å². The molecule has 2 aliphatic heterocycles. The Balaban J connectivity index is 1.48. The number of ether oxygens (including phenoxy) is 1. The Kier molecular flexibility index (Phi) is 6.76. The van der Waals surface area contributed by atoms with E-state index in [4.69, 9.17) is 9.15 Å². The molecule has 2 aliphatic rings. The molecule has 1 atom stereocenters. The molecule has 1 amide bonds. The van der Waals surface area contributed by atoms with Gasteiger partial charge in [-0.25, -0.2) is 8.42 Å². The van der Waals surface area contributed by atoms with Crippen LogP contribution in [0.25, 0.3) is 0 Å². The molecule has 3 heterocycles. The van der Waals surface area contributed by atoms with Crippen LogP contribution in [0.4, 0.5) is 0 Å². The third-order valence-corrected chi connectivity index (χ3v) is 7.91. The molecule has 0 radical (unpaired) electrons. The molecular formula is C22H29N3O5S. The highest BCUT2D eigenvalue weighted by Crippen LogP contribution is 2.27. The molecule has 9 heteroatoms. The summed E-state index contributed by atoms with van der Waals surface area (Å²) < 4.78 is 38.2. The van der Waals surface area contributed by atoms with E-state index in [9.17, 15) is 13.2 Å². The average Bonchev–Trinajstić information content (AvgIpc) is 3.46. The summed E-state index contributed by atoms with van der Waals surface area (Å²) in [6.45, 7) is 5.87. The van der Waals surface area contributed by atoms with Crippen LogP contribution in [0, 0.1) is 6.92 Å². The first-order valence-corrected chi connectivity index (χ1v) is 12.2. The number of furan rings is 1. The minimum atomic E-state index is -3.64. The number of aryl methyl sites for hydroxylation is 1. The molecule has 2 fully saturated rings. The summed E-state index contributed by atoms with van der Waals surface area (Å²) in [7, 11) is -3.64. The molecule has 0 bridgehead atoms. The van der Waals surface area contributed by atoms with E-state index >= 15 is 0 Å². The van der Waals surface area contributed by atoms with Gasteiger partial charge >= 0.3 is 0 Å². The zero-order chi connectivity index (χ0) is 21.8. The van der Waals surface area contributed by atoms with Crippen molar-refractivity contribution in [3.63, 3.8) is 0 Å². The van der Waals surface area contributed by atoms with E-state index in [1.165, 1.54) is 10.4 Å². The van der Waals surface area contributed by atoms with Crippen LogP contribution in [-0.2, 0) is 14.8 Å². The molecule has 31 heavy (non-hydrogen) atoms. The Bertz CT molecular complexity index is 993. The van der Waals surface area contributed by atoms with E-state index in [0.717, 1.165) is 31.5 Å². The van der Waals surface area contributed by atoms with Crippen molar-refractivity contribution in [2.24, 2.45) is 0 Å². The quantitative estimate of drug-likeness (QED) is 0.700. The lowest BCUT2D eigenvalue weighted by molar-refractivity contribution is 0.0161. The van der Waals surface area contributed by atoms with E-state index in [-0.39, 0.29) is 22.5 Å². The summed E-state index contributed by atoms with van der Waals surface area (Å²) in [6.07, 6.45) is 1.71. The largest absolute Gasteiger partial charge is 0.455 e. The van der Waals surface area contributed by atoms with Gasteiger partial charge in [0.05, 0.1) is 19.3 Å². The van der Waals surface area contributed by atoms with Gasteiger partial charge in [-0.2, -0.15) is 4.31 Å². The van der Waals surface area contributed by atoms with Gasteiger partial charge in [0.25, 0.3) is 5.91 Å². The van der Waals surface area contributed by atoms with Gasteiger partial charge in [0.2, 0.25) is 10.0 Å². The third kappa shape index (κ3) is 4.85. The molecule has 4 rings (SSSR count). The number of carbonyl (C=O) groups is 1. The standard InChI is InChI=1S/C22H29N3O5S/c1-17-21(31(27,28)25-9-5-6-10-25)15-20(30-17)22(26)23-16-19(18-7-3-2-4-8-18)24-11-13-29-14-12-24/h2-4,7-8,15,19H,5-6,9-14,16H2,1H3,(H,23,26). The summed E-state index contributed by atoms with van der Waals surface area (Å²) in [5, 5.41) is 2.93. The molecule has 0 saturated carbocycles. The average molecular weight is 448 g/mol. The molecule has 0 aliphatic carbocycles. The SMILES string of the molecule is Cc1oc(C(=O)NCC(c2ccccc2)N2CCOCC2)cc1S(=O)(=O)N1CCCC1. The zero-order valence-electron chi connectivity index (χ0n) is 17.7. The second-order valence-corrected chi connectivity index (χ2v) is 9.83. The van der Waals surface area contributed by atoms with Crippen molar-refractivity contribution in [2.45, 2.75) is 30.7 Å². The number of rotatable bonds is 7. The van der Waals surface area contributed by atoms with Crippen LogP contribution in [-0.4, -0.2) is 69.5 Å². The predicted octanol–water partition coefficient (Wildman–Crippen LogP) is 2.18. The number of nitrogens with zero attached hydrogens (tertiary/aromatic N) is 2. The first kappa shape index (κ1) is 22.0. The second-order valence-electron chi connectivity index (χ2n) is 7.93. The van der Waals surface area contributed by atoms with Gasteiger partial charge < -0.3 is 14.5 Å². The van der Waals surface area contributed by atoms with Gasteiger partial charge in [0.15, 0.2) is 5.76 Å². The summed E-state index contributed by atoms with van der Waals surface area (Å²) in [5.74, 6) is -0.158. The first-order valence-electron chi connectivity index (χ1n) is 10.7. The smallest absolute Gasteiger partial charge is 0.287 e. The highest BCUT2D eigenvalue weighted by atomic mass is 32.2. The third-order valence-electron chi connectivity index (χ3n) is 5.91. The maximum Gasteiger partial charge on any atom is 0.287 e. The number of hydrogen-bond acceptors (Lipinski definition) is 6. The number of hydrogen-bond donors (Lipinski definition) is 1. The van der Waals surface area contributed by atoms with Gasteiger partial charge in [-0.15, -0.1) is 0 Å². The van der Waals surface area contributed by atoms with Crippen molar-refractivity contribution < 1.29 is 22.4 Å².